The average molecular weight is 195 g/mol. The highest BCUT2D eigenvalue weighted by Gasteiger charge is 1.91. The van der Waals surface area contributed by atoms with Gasteiger partial charge in [-0.1, -0.05) is 13.3 Å². The number of hydrogen-bond donors (Lipinski definition) is 0. The highest BCUT2D eigenvalue weighted by atomic mass is 16.5. The van der Waals surface area contributed by atoms with Crippen LogP contribution in [0, 0.1) is 0 Å². The highest BCUT2D eigenvalue weighted by Crippen LogP contribution is 2.05. The molecule has 0 aliphatic heterocycles. The van der Waals surface area contributed by atoms with Gasteiger partial charge in [-0.2, -0.15) is 0 Å². The van der Waals surface area contributed by atoms with Crippen molar-refractivity contribution in [2.24, 2.45) is 0 Å². The van der Waals surface area contributed by atoms with Crippen LogP contribution in [0.15, 0.2) is 24.5 Å². The van der Waals surface area contributed by atoms with Crippen LogP contribution >= 0.6 is 0 Å². The fourth-order valence-corrected chi connectivity index (χ4v) is 0.999. The Kier molecular flexibility index (Phi) is 5.75. The van der Waals surface area contributed by atoms with Crippen LogP contribution in [0.5, 0.6) is 5.75 Å². The van der Waals surface area contributed by atoms with Crippen molar-refractivity contribution in [3.05, 3.63) is 24.5 Å². The molecular formula is C11H17NO2. The van der Waals surface area contributed by atoms with Crippen LogP contribution in [-0.2, 0) is 4.74 Å². The van der Waals surface area contributed by atoms with E-state index in [-0.39, 0.29) is 0 Å². The van der Waals surface area contributed by atoms with Gasteiger partial charge in [-0.25, -0.2) is 0 Å². The summed E-state index contributed by atoms with van der Waals surface area (Å²) in [4.78, 5) is 3.95. The molecule has 0 N–H and O–H groups in total. The van der Waals surface area contributed by atoms with Gasteiger partial charge in [0.05, 0.1) is 12.8 Å². The minimum Gasteiger partial charge on any atom is -0.490 e. The SMILES string of the molecule is CCCCOCCOc1cccnc1. The third kappa shape index (κ3) is 4.82. The maximum absolute atomic E-state index is 5.40. The zero-order valence-corrected chi connectivity index (χ0v) is 8.61. The van der Waals surface area contributed by atoms with Crippen LogP contribution in [0.2, 0.25) is 0 Å². The smallest absolute Gasteiger partial charge is 0.137 e. The summed E-state index contributed by atoms with van der Waals surface area (Å²) in [7, 11) is 0. The summed E-state index contributed by atoms with van der Waals surface area (Å²) in [5.41, 5.74) is 0. The second kappa shape index (κ2) is 7.33. The molecule has 1 aromatic heterocycles. The molecule has 14 heavy (non-hydrogen) atoms. The molecule has 0 unspecified atom stereocenters. The second-order valence-electron chi connectivity index (χ2n) is 3.00. The number of aromatic nitrogens is 1. The Morgan fingerprint density at radius 2 is 2.21 bits per heavy atom. The lowest BCUT2D eigenvalue weighted by atomic mass is 10.4. The number of nitrogens with zero attached hydrogens (tertiary/aromatic N) is 1. The molecule has 0 aliphatic carbocycles. The maximum atomic E-state index is 5.40. The van der Waals surface area contributed by atoms with Crippen molar-refractivity contribution in [2.45, 2.75) is 19.8 Å². The molecule has 0 saturated heterocycles. The monoisotopic (exact) mass is 195 g/mol. The van der Waals surface area contributed by atoms with Gasteiger partial charge >= 0.3 is 0 Å². The Hall–Kier alpha value is -1.09. The third-order valence-electron chi connectivity index (χ3n) is 1.77. The molecule has 78 valence electrons. The molecule has 3 heteroatoms. The molecule has 0 radical (unpaired) electrons. The maximum Gasteiger partial charge on any atom is 0.137 e. The number of ether oxygens (including phenoxy) is 2. The number of pyridine rings is 1. The molecule has 0 fully saturated rings. The van der Waals surface area contributed by atoms with E-state index in [0.29, 0.717) is 13.2 Å². The van der Waals surface area contributed by atoms with E-state index < -0.39 is 0 Å². The summed E-state index contributed by atoms with van der Waals surface area (Å²) < 4.78 is 10.7. The van der Waals surface area contributed by atoms with Crippen molar-refractivity contribution in [2.75, 3.05) is 19.8 Å². The first kappa shape index (κ1) is 11.0. The lowest BCUT2D eigenvalue weighted by molar-refractivity contribution is 0.0979. The summed E-state index contributed by atoms with van der Waals surface area (Å²) in [6, 6.07) is 3.74. The normalized spacial score (nSPS) is 10.1. The van der Waals surface area contributed by atoms with Crippen molar-refractivity contribution in [1.29, 1.82) is 0 Å². The fourth-order valence-electron chi connectivity index (χ4n) is 0.999. The van der Waals surface area contributed by atoms with Gasteiger partial charge < -0.3 is 9.47 Å². The Bertz CT molecular complexity index is 226. The molecule has 0 spiro atoms. The van der Waals surface area contributed by atoms with Crippen LogP contribution < -0.4 is 4.74 Å². The molecule has 0 aromatic carbocycles. The number of unbranched alkanes of at least 4 members (excludes halogenated alkanes) is 1. The van der Waals surface area contributed by atoms with Crippen molar-refractivity contribution in [1.82, 2.24) is 4.98 Å². The third-order valence-corrected chi connectivity index (χ3v) is 1.77. The minimum atomic E-state index is 0.593. The van der Waals surface area contributed by atoms with Crippen LogP contribution in [0.4, 0.5) is 0 Å². The van der Waals surface area contributed by atoms with Gasteiger partial charge in [0, 0.05) is 12.8 Å². The summed E-state index contributed by atoms with van der Waals surface area (Å²) in [6.45, 7) is 4.21. The van der Waals surface area contributed by atoms with Gasteiger partial charge in [-0.3, -0.25) is 4.98 Å². The molecule has 0 aliphatic rings. The standard InChI is InChI=1S/C11H17NO2/c1-2-3-7-13-8-9-14-11-5-4-6-12-10-11/h4-6,10H,2-3,7-9H2,1H3. The number of rotatable bonds is 7. The fraction of sp³-hybridized carbons (Fsp3) is 0.545. The van der Waals surface area contributed by atoms with E-state index in [2.05, 4.69) is 11.9 Å². The summed E-state index contributed by atoms with van der Waals surface area (Å²) in [6.07, 6.45) is 5.72. The van der Waals surface area contributed by atoms with Gasteiger partial charge in [0.1, 0.15) is 12.4 Å². The van der Waals surface area contributed by atoms with Crippen LogP contribution in [0.3, 0.4) is 0 Å². The minimum absolute atomic E-state index is 0.593. The first-order valence-corrected chi connectivity index (χ1v) is 5.04. The summed E-state index contributed by atoms with van der Waals surface area (Å²) in [5, 5.41) is 0. The van der Waals surface area contributed by atoms with Crippen molar-refractivity contribution < 1.29 is 9.47 Å². The van der Waals surface area contributed by atoms with Crippen molar-refractivity contribution in [3.8, 4) is 5.75 Å². The highest BCUT2D eigenvalue weighted by molar-refractivity contribution is 5.15. The second-order valence-corrected chi connectivity index (χ2v) is 3.00. The van der Waals surface area contributed by atoms with E-state index in [0.717, 1.165) is 18.8 Å². The van der Waals surface area contributed by atoms with E-state index >= 15 is 0 Å². The lowest BCUT2D eigenvalue weighted by Crippen LogP contribution is -2.07. The molecular weight excluding hydrogens is 178 g/mol. The Morgan fingerprint density at radius 3 is 2.93 bits per heavy atom. The zero-order valence-electron chi connectivity index (χ0n) is 8.61. The summed E-state index contributed by atoms with van der Waals surface area (Å²) >= 11 is 0. The lowest BCUT2D eigenvalue weighted by Gasteiger charge is -2.05. The molecule has 3 nitrogen and oxygen atoms in total. The first-order chi connectivity index (χ1) is 6.93. The largest absolute Gasteiger partial charge is 0.490 e. The molecule has 0 atom stereocenters. The van der Waals surface area contributed by atoms with Crippen LogP contribution in [-0.4, -0.2) is 24.8 Å². The average Bonchev–Trinajstić information content (AvgIpc) is 2.25. The van der Waals surface area contributed by atoms with Gasteiger partial charge in [-0.15, -0.1) is 0 Å². The molecule has 0 saturated carbocycles. The Labute approximate surface area is 85.1 Å². The van der Waals surface area contributed by atoms with Crippen molar-refractivity contribution in [3.63, 3.8) is 0 Å². The predicted octanol–water partition coefficient (Wildman–Crippen LogP) is 2.28. The summed E-state index contributed by atoms with van der Waals surface area (Å²) in [5.74, 6) is 0.798. The van der Waals surface area contributed by atoms with Gasteiger partial charge in [-0.05, 0) is 18.6 Å². The molecule has 1 aromatic rings. The quantitative estimate of drug-likeness (QED) is 0.625. The van der Waals surface area contributed by atoms with E-state index in [1.807, 2.05) is 12.1 Å². The van der Waals surface area contributed by atoms with Gasteiger partial charge in [0.15, 0.2) is 0 Å². The topological polar surface area (TPSA) is 31.4 Å². The van der Waals surface area contributed by atoms with E-state index in [1.165, 1.54) is 6.42 Å². The molecule has 1 rings (SSSR count). The first-order valence-electron chi connectivity index (χ1n) is 5.04. The van der Waals surface area contributed by atoms with Crippen LogP contribution in [0.25, 0.3) is 0 Å². The van der Waals surface area contributed by atoms with Crippen LogP contribution in [0.1, 0.15) is 19.8 Å². The van der Waals surface area contributed by atoms with Gasteiger partial charge in [0.2, 0.25) is 0 Å². The molecule has 0 amide bonds. The Balaban J connectivity index is 1.99. The van der Waals surface area contributed by atoms with E-state index in [4.69, 9.17) is 9.47 Å². The molecule has 0 bridgehead atoms. The van der Waals surface area contributed by atoms with E-state index in [9.17, 15) is 0 Å². The predicted molar refractivity (Wildman–Crippen MR) is 55.5 cm³/mol. The number of hydrogen-bond acceptors (Lipinski definition) is 3. The molecule has 1 heterocycles. The van der Waals surface area contributed by atoms with E-state index in [1.54, 1.807) is 12.4 Å². The van der Waals surface area contributed by atoms with Crippen molar-refractivity contribution >= 4 is 0 Å². The zero-order chi connectivity index (χ0) is 10.1. The Morgan fingerprint density at radius 1 is 1.29 bits per heavy atom. The van der Waals surface area contributed by atoms with Gasteiger partial charge in [0.25, 0.3) is 0 Å².